The fourth-order valence-corrected chi connectivity index (χ4v) is 3.62. The number of aromatic nitrogens is 1. The summed E-state index contributed by atoms with van der Waals surface area (Å²) in [5, 5.41) is 13.1. The summed E-state index contributed by atoms with van der Waals surface area (Å²) in [6, 6.07) is 9.83. The molecule has 1 aliphatic heterocycles. The number of ether oxygens (including phenoxy) is 1. The van der Waals surface area contributed by atoms with Gasteiger partial charge in [0.05, 0.1) is 11.4 Å². The first-order chi connectivity index (χ1) is 11.6. The van der Waals surface area contributed by atoms with Gasteiger partial charge in [-0.1, -0.05) is 22.9 Å². The van der Waals surface area contributed by atoms with E-state index in [2.05, 4.69) is 23.1 Å². The van der Waals surface area contributed by atoms with Crippen molar-refractivity contribution in [1.29, 1.82) is 0 Å². The molecule has 3 rings (SSSR count). The van der Waals surface area contributed by atoms with Crippen LogP contribution < -0.4 is 4.74 Å². The highest BCUT2D eigenvalue weighted by atomic mass is 32.2. The molecule has 1 aliphatic rings. The van der Waals surface area contributed by atoms with Crippen LogP contribution in [0.15, 0.2) is 35.5 Å². The molecule has 1 aromatic heterocycles. The molecule has 6 heteroatoms. The second kappa shape index (κ2) is 7.13. The number of thioether (sulfide) groups is 1. The van der Waals surface area contributed by atoms with Crippen LogP contribution in [-0.2, 0) is 0 Å². The van der Waals surface area contributed by atoms with E-state index in [0.29, 0.717) is 17.3 Å². The van der Waals surface area contributed by atoms with Crippen molar-refractivity contribution >= 4 is 17.6 Å². The van der Waals surface area contributed by atoms with Crippen LogP contribution in [0, 0.1) is 20.8 Å². The molecule has 1 aromatic carbocycles. The van der Waals surface area contributed by atoms with Gasteiger partial charge in [0, 0.05) is 18.0 Å². The lowest BCUT2D eigenvalue weighted by Gasteiger charge is -2.20. The molecule has 0 spiro atoms. The maximum absolute atomic E-state index is 9.54. The van der Waals surface area contributed by atoms with Crippen LogP contribution in [0.3, 0.4) is 0 Å². The van der Waals surface area contributed by atoms with Gasteiger partial charge in [-0.05, 0) is 44.5 Å². The summed E-state index contributed by atoms with van der Waals surface area (Å²) in [6.07, 6.45) is 0. The Balaban J connectivity index is 1.99. The molecule has 0 unspecified atom stereocenters. The van der Waals surface area contributed by atoms with Crippen LogP contribution in [-0.4, -0.2) is 39.1 Å². The Kier molecular flexibility index (Phi) is 4.94. The molecular weight excluding hydrogens is 322 g/mol. The van der Waals surface area contributed by atoms with Crippen molar-refractivity contribution in [2.24, 2.45) is 5.16 Å². The largest absolute Gasteiger partial charge is 0.438 e. The number of rotatable bonds is 3. The second-order valence-corrected chi connectivity index (χ2v) is 6.98. The SMILES string of the molecule is Cc1ccc(Oc2nc(C)ccc2/C(=N/O)N2CCSC2)c(C)c1. The first kappa shape index (κ1) is 16.6. The molecule has 1 N–H and O–H groups in total. The molecular formula is C18H21N3O2S. The third-order valence-electron chi connectivity index (χ3n) is 3.92. The molecule has 1 fully saturated rings. The van der Waals surface area contributed by atoms with E-state index in [4.69, 9.17) is 4.74 Å². The first-order valence-electron chi connectivity index (χ1n) is 7.86. The van der Waals surface area contributed by atoms with E-state index in [9.17, 15) is 5.21 Å². The maximum Gasteiger partial charge on any atom is 0.230 e. The monoisotopic (exact) mass is 343 g/mol. The standard InChI is InChI=1S/C18H21N3O2S/c1-12-4-7-16(13(2)10-12)23-18-15(6-5-14(3)19-18)17(20-22)21-8-9-24-11-21/h4-7,10,22H,8-9,11H2,1-3H3/b20-17-. The summed E-state index contributed by atoms with van der Waals surface area (Å²) in [7, 11) is 0. The number of amidine groups is 1. The molecule has 0 radical (unpaired) electrons. The molecule has 0 atom stereocenters. The zero-order chi connectivity index (χ0) is 17.1. The number of oxime groups is 1. The Morgan fingerprint density at radius 1 is 1.25 bits per heavy atom. The molecule has 0 bridgehead atoms. The minimum atomic E-state index is 0.464. The van der Waals surface area contributed by atoms with Crippen LogP contribution in [0.1, 0.15) is 22.4 Å². The maximum atomic E-state index is 9.54. The van der Waals surface area contributed by atoms with Crippen molar-refractivity contribution in [1.82, 2.24) is 9.88 Å². The summed E-state index contributed by atoms with van der Waals surface area (Å²) in [5.41, 5.74) is 3.78. The Labute approximate surface area is 146 Å². The van der Waals surface area contributed by atoms with Crippen molar-refractivity contribution in [3.05, 3.63) is 52.7 Å². The van der Waals surface area contributed by atoms with Gasteiger partial charge in [0.15, 0.2) is 5.84 Å². The van der Waals surface area contributed by atoms with Crippen LogP contribution in [0.2, 0.25) is 0 Å². The lowest BCUT2D eigenvalue weighted by molar-refractivity contribution is 0.307. The first-order valence-corrected chi connectivity index (χ1v) is 9.02. The van der Waals surface area contributed by atoms with Gasteiger partial charge in [-0.3, -0.25) is 0 Å². The predicted molar refractivity (Wildman–Crippen MR) is 97.3 cm³/mol. The Bertz CT molecular complexity index is 771. The molecule has 24 heavy (non-hydrogen) atoms. The van der Waals surface area contributed by atoms with Gasteiger partial charge in [-0.25, -0.2) is 4.98 Å². The fraction of sp³-hybridized carbons (Fsp3) is 0.333. The van der Waals surface area contributed by atoms with Gasteiger partial charge < -0.3 is 14.8 Å². The Morgan fingerprint density at radius 3 is 2.75 bits per heavy atom. The summed E-state index contributed by atoms with van der Waals surface area (Å²) >= 11 is 1.81. The Morgan fingerprint density at radius 2 is 2.08 bits per heavy atom. The zero-order valence-electron chi connectivity index (χ0n) is 14.1. The van der Waals surface area contributed by atoms with Crippen molar-refractivity contribution in [3.8, 4) is 11.6 Å². The molecule has 0 amide bonds. The average molecular weight is 343 g/mol. The average Bonchev–Trinajstić information content (AvgIpc) is 3.07. The van der Waals surface area contributed by atoms with Gasteiger partial charge in [0.1, 0.15) is 5.75 Å². The summed E-state index contributed by atoms with van der Waals surface area (Å²) in [5.74, 6) is 3.55. The Hall–Kier alpha value is -2.21. The van der Waals surface area contributed by atoms with E-state index < -0.39 is 0 Å². The number of benzene rings is 1. The van der Waals surface area contributed by atoms with Gasteiger partial charge in [-0.2, -0.15) is 0 Å². The van der Waals surface area contributed by atoms with Crippen molar-refractivity contribution < 1.29 is 9.94 Å². The molecule has 1 saturated heterocycles. The van der Waals surface area contributed by atoms with Crippen molar-refractivity contribution in [2.45, 2.75) is 20.8 Å². The molecule has 0 aliphatic carbocycles. The molecule has 2 aromatic rings. The van der Waals surface area contributed by atoms with Gasteiger partial charge >= 0.3 is 0 Å². The highest BCUT2D eigenvalue weighted by molar-refractivity contribution is 7.99. The molecule has 2 heterocycles. The third kappa shape index (κ3) is 3.48. The quantitative estimate of drug-likeness (QED) is 0.396. The lowest BCUT2D eigenvalue weighted by atomic mass is 10.1. The van der Waals surface area contributed by atoms with E-state index in [0.717, 1.165) is 35.2 Å². The van der Waals surface area contributed by atoms with Crippen LogP contribution in [0.5, 0.6) is 11.6 Å². The lowest BCUT2D eigenvalue weighted by Crippen LogP contribution is -2.29. The highest BCUT2D eigenvalue weighted by Crippen LogP contribution is 2.29. The second-order valence-electron chi connectivity index (χ2n) is 5.90. The minimum absolute atomic E-state index is 0.464. The van der Waals surface area contributed by atoms with Crippen molar-refractivity contribution in [2.75, 3.05) is 18.2 Å². The van der Waals surface area contributed by atoms with Gasteiger partial charge in [0.2, 0.25) is 5.88 Å². The number of aryl methyl sites for hydroxylation is 3. The van der Waals surface area contributed by atoms with Gasteiger partial charge in [-0.15, -0.1) is 11.8 Å². The van der Waals surface area contributed by atoms with Gasteiger partial charge in [0.25, 0.3) is 0 Å². The van der Waals surface area contributed by atoms with Crippen LogP contribution in [0.4, 0.5) is 0 Å². The minimum Gasteiger partial charge on any atom is -0.438 e. The van der Waals surface area contributed by atoms with Crippen LogP contribution in [0.25, 0.3) is 0 Å². The number of nitrogens with zero attached hydrogens (tertiary/aromatic N) is 3. The number of pyridine rings is 1. The fourth-order valence-electron chi connectivity index (χ4n) is 2.67. The highest BCUT2D eigenvalue weighted by Gasteiger charge is 2.23. The molecule has 126 valence electrons. The summed E-state index contributed by atoms with van der Waals surface area (Å²) < 4.78 is 6.08. The number of hydrogen-bond acceptors (Lipinski definition) is 5. The van der Waals surface area contributed by atoms with E-state index in [1.165, 1.54) is 5.56 Å². The smallest absolute Gasteiger partial charge is 0.230 e. The van der Waals surface area contributed by atoms with E-state index in [1.54, 1.807) is 0 Å². The van der Waals surface area contributed by atoms with E-state index in [-0.39, 0.29) is 0 Å². The zero-order valence-corrected chi connectivity index (χ0v) is 14.9. The normalized spacial score (nSPS) is 15.0. The summed E-state index contributed by atoms with van der Waals surface area (Å²) in [6.45, 7) is 6.83. The summed E-state index contributed by atoms with van der Waals surface area (Å²) in [4.78, 5) is 6.56. The number of hydrogen-bond donors (Lipinski definition) is 1. The third-order valence-corrected chi connectivity index (χ3v) is 4.89. The van der Waals surface area contributed by atoms with E-state index >= 15 is 0 Å². The van der Waals surface area contributed by atoms with Crippen molar-refractivity contribution in [3.63, 3.8) is 0 Å². The van der Waals surface area contributed by atoms with E-state index in [1.807, 2.05) is 54.8 Å². The van der Waals surface area contributed by atoms with Crippen LogP contribution >= 0.6 is 11.8 Å². The topological polar surface area (TPSA) is 58.0 Å². The predicted octanol–water partition coefficient (Wildman–Crippen LogP) is 3.94. The molecule has 0 saturated carbocycles. The molecule has 5 nitrogen and oxygen atoms in total.